The predicted molar refractivity (Wildman–Crippen MR) is 102 cm³/mol. The molecule has 1 amide bonds. The van der Waals surface area contributed by atoms with Crippen LogP contribution in [0.2, 0.25) is 0 Å². The molecule has 0 N–H and O–H groups in total. The summed E-state index contributed by atoms with van der Waals surface area (Å²) in [5.41, 5.74) is 3.69. The lowest BCUT2D eigenvalue weighted by Gasteiger charge is -2.19. The van der Waals surface area contributed by atoms with Crippen LogP contribution in [0.25, 0.3) is 0 Å². The van der Waals surface area contributed by atoms with Crippen molar-refractivity contribution in [1.82, 2.24) is 4.90 Å². The molecule has 0 bridgehead atoms. The summed E-state index contributed by atoms with van der Waals surface area (Å²) >= 11 is 0. The van der Waals surface area contributed by atoms with Crippen LogP contribution >= 0.6 is 0 Å². The molecule has 2 atom stereocenters. The van der Waals surface area contributed by atoms with Gasteiger partial charge < -0.3 is 19.2 Å². The number of likely N-dealkylation sites (tertiary alicyclic amines) is 1. The molecule has 6 nitrogen and oxygen atoms in total. The van der Waals surface area contributed by atoms with E-state index in [1.807, 2.05) is 17.0 Å². The Labute approximate surface area is 158 Å². The highest BCUT2D eigenvalue weighted by Crippen LogP contribution is 2.33. The Morgan fingerprint density at radius 3 is 2.70 bits per heavy atom. The fourth-order valence-corrected chi connectivity index (χ4v) is 3.76. The molecule has 6 heteroatoms. The fraction of sp³-hybridized carbons (Fsp3) is 0.333. The quantitative estimate of drug-likeness (QED) is 0.835. The molecular weight excluding hydrogens is 344 g/mol. The summed E-state index contributed by atoms with van der Waals surface area (Å²) in [7, 11) is 3.14. The summed E-state index contributed by atoms with van der Waals surface area (Å²) in [4.78, 5) is 20.5. The van der Waals surface area contributed by atoms with Gasteiger partial charge in [0, 0.05) is 18.2 Å². The number of carbonyl (C=O) groups excluding carboxylic acids is 1. The van der Waals surface area contributed by atoms with E-state index < -0.39 is 0 Å². The molecule has 0 saturated carbocycles. The smallest absolute Gasteiger partial charge is 0.257 e. The molecule has 2 unspecified atom stereocenters. The Bertz CT molecular complexity index is 909. The van der Waals surface area contributed by atoms with Crippen LogP contribution in [0.5, 0.6) is 11.5 Å². The highest BCUT2D eigenvalue weighted by atomic mass is 16.6. The number of nitrogens with zero attached hydrogens (tertiary/aromatic N) is 2. The van der Waals surface area contributed by atoms with Gasteiger partial charge in [-0.15, -0.1) is 0 Å². The zero-order chi connectivity index (χ0) is 19.0. The van der Waals surface area contributed by atoms with Crippen molar-refractivity contribution in [3.63, 3.8) is 0 Å². The summed E-state index contributed by atoms with van der Waals surface area (Å²) in [5, 5.41) is 4.31. The van der Waals surface area contributed by atoms with Gasteiger partial charge in [-0.3, -0.25) is 4.79 Å². The minimum atomic E-state index is -0.104. The molecule has 0 aromatic heterocycles. The van der Waals surface area contributed by atoms with Crippen molar-refractivity contribution in [3.8, 4) is 11.5 Å². The van der Waals surface area contributed by atoms with Gasteiger partial charge in [0.2, 0.25) is 0 Å². The third-order valence-electron chi connectivity index (χ3n) is 5.25. The maximum Gasteiger partial charge on any atom is 0.257 e. The number of fused-ring (bicyclic) bond motifs is 1. The van der Waals surface area contributed by atoms with E-state index in [4.69, 9.17) is 14.3 Å². The molecule has 27 heavy (non-hydrogen) atoms. The summed E-state index contributed by atoms with van der Waals surface area (Å²) in [6.07, 6.45) is -0.104. The van der Waals surface area contributed by atoms with E-state index in [1.54, 1.807) is 32.4 Å². The molecule has 140 valence electrons. The number of carbonyl (C=O) groups is 1. The lowest BCUT2D eigenvalue weighted by atomic mass is 9.92. The summed E-state index contributed by atoms with van der Waals surface area (Å²) < 4.78 is 10.6. The van der Waals surface area contributed by atoms with Gasteiger partial charge in [-0.2, -0.15) is 0 Å². The molecule has 2 heterocycles. The van der Waals surface area contributed by atoms with Gasteiger partial charge in [0.15, 0.2) is 6.10 Å². The van der Waals surface area contributed by atoms with Crippen LogP contribution in [0, 0.1) is 12.8 Å². The molecular formula is C21H22N2O4. The normalized spacial score (nSPS) is 20.7. The van der Waals surface area contributed by atoms with E-state index in [9.17, 15) is 4.79 Å². The summed E-state index contributed by atoms with van der Waals surface area (Å²) in [6.45, 7) is 3.15. The number of oxime groups is 1. The molecule has 2 aliphatic rings. The Morgan fingerprint density at radius 2 is 1.96 bits per heavy atom. The van der Waals surface area contributed by atoms with Gasteiger partial charge in [0.1, 0.15) is 11.5 Å². The minimum Gasteiger partial charge on any atom is -0.497 e. The first-order valence-electron chi connectivity index (χ1n) is 8.93. The second-order valence-electron chi connectivity index (χ2n) is 6.82. The highest BCUT2D eigenvalue weighted by molar-refractivity contribution is 6.05. The first kappa shape index (κ1) is 17.4. The average Bonchev–Trinajstić information content (AvgIpc) is 3.28. The van der Waals surface area contributed by atoms with Crippen molar-refractivity contribution in [3.05, 3.63) is 59.2 Å². The lowest BCUT2D eigenvalue weighted by Crippen LogP contribution is -2.31. The van der Waals surface area contributed by atoms with Crippen LogP contribution < -0.4 is 9.47 Å². The Kier molecular flexibility index (Phi) is 4.48. The molecule has 2 aromatic rings. The standard InChI is InChI=1S/C21H22N2O4/c1-13-6-4-5-7-15(13)20-17-11-23(12-19(17)27-22-20)21(24)16-9-8-14(25-2)10-18(16)26-3/h4-10,17,19H,11-12H2,1-3H3. The number of hydrogen-bond donors (Lipinski definition) is 0. The zero-order valence-corrected chi connectivity index (χ0v) is 15.6. The predicted octanol–water partition coefficient (Wildman–Crippen LogP) is 2.89. The van der Waals surface area contributed by atoms with Crippen LogP contribution in [0.1, 0.15) is 21.5 Å². The number of rotatable bonds is 4. The monoisotopic (exact) mass is 366 g/mol. The third-order valence-corrected chi connectivity index (χ3v) is 5.25. The van der Waals surface area contributed by atoms with Gasteiger partial charge in [-0.05, 0) is 24.6 Å². The van der Waals surface area contributed by atoms with E-state index >= 15 is 0 Å². The summed E-state index contributed by atoms with van der Waals surface area (Å²) in [6, 6.07) is 13.4. The minimum absolute atomic E-state index is 0.0726. The van der Waals surface area contributed by atoms with Gasteiger partial charge in [-0.1, -0.05) is 29.4 Å². The largest absolute Gasteiger partial charge is 0.497 e. The zero-order valence-electron chi connectivity index (χ0n) is 15.6. The molecule has 0 spiro atoms. The number of benzene rings is 2. The van der Waals surface area contributed by atoms with Crippen LogP contribution in [0.4, 0.5) is 0 Å². The summed E-state index contributed by atoms with van der Waals surface area (Å²) in [5.74, 6) is 1.17. The molecule has 1 saturated heterocycles. The Hall–Kier alpha value is -3.02. The molecule has 2 aliphatic heterocycles. The molecule has 0 aliphatic carbocycles. The number of amides is 1. The number of ether oxygens (including phenoxy) is 2. The second-order valence-corrected chi connectivity index (χ2v) is 6.82. The van der Waals surface area contributed by atoms with Crippen molar-refractivity contribution in [2.45, 2.75) is 13.0 Å². The average molecular weight is 366 g/mol. The number of methoxy groups -OCH3 is 2. The fourth-order valence-electron chi connectivity index (χ4n) is 3.76. The van der Waals surface area contributed by atoms with E-state index in [2.05, 4.69) is 24.2 Å². The van der Waals surface area contributed by atoms with Crippen LogP contribution in [0.3, 0.4) is 0 Å². The van der Waals surface area contributed by atoms with Crippen LogP contribution in [-0.4, -0.2) is 49.9 Å². The SMILES string of the molecule is COc1ccc(C(=O)N2CC3ON=C(c4ccccc4C)C3C2)c(OC)c1. The number of hydrogen-bond acceptors (Lipinski definition) is 5. The first-order chi connectivity index (χ1) is 13.1. The van der Waals surface area contributed by atoms with Crippen molar-refractivity contribution >= 4 is 11.6 Å². The van der Waals surface area contributed by atoms with Gasteiger partial charge >= 0.3 is 0 Å². The highest BCUT2D eigenvalue weighted by Gasteiger charge is 2.45. The van der Waals surface area contributed by atoms with Gasteiger partial charge in [0.05, 0.1) is 38.0 Å². The molecule has 1 fully saturated rings. The van der Waals surface area contributed by atoms with Crippen LogP contribution in [0.15, 0.2) is 47.6 Å². The number of aryl methyl sites for hydroxylation is 1. The maximum absolute atomic E-state index is 13.1. The Balaban J connectivity index is 1.56. The Morgan fingerprint density at radius 1 is 1.15 bits per heavy atom. The second kappa shape index (κ2) is 6.95. The lowest BCUT2D eigenvalue weighted by molar-refractivity contribution is 0.0629. The van der Waals surface area contributed by atoms with Crippen molar-refractivity contribution in [1.29, 1.82) is 0 Å². The van der Waals surface area contributed by atoms with Crippen LogP contribution in [-0.2, 0) is 4.84 Å². The topological polar surface area (TPSA) is 60.4 Å². The van der Waals surface area contributed by atoms with Gasteiger partial charge in [0.25, 0.3) is 5.91 Å². The molecule has 4 rings (SSSR count). The van der Waals surface area contributed by atoms with E-state index in [0.29, 0.717) is 30.2 Å². The van der Waals surface area contributed by atoms with E-state index in [1.165, 1.54) is 0 Å². The maximum atomic E-state index is 13.1. The van der Waals surface area contributed by atoms with E-state index in [0.717, 1.165) is 16.8 Å². The molecule has 2 aromatic carbocycles. The van der Waals surface area contributed by atoms with E-state index in [-0.39, 0.29) is 17.9 Å². The van der Waals surface area contributed by atoms with Crippen molar-refractivity contribution in [2.24, 2.45) is 11.1 Å². The van der Waals surface area contributed by atoms with Gasteiger partial charge in [-0.25, -0.2) is 0 Å². The molecule has 0 radical (unpaired) electrons. The van der Waals surface area contributed by atoms with Crippen molar-refractivity contribution < 1.29 is 19.1 Å². The first-order valence-corrected chi connectivity index (χ1v) is 8.93. The third kappa shape index (κ3) is 3.01. The van der Waals surface area contributed by atoms with Crippen molar-refractivity contribution in [2.75, 3.05) is 27.3 Å².